The molecule has 1 unspecified atom stereocenters. The second-order valence-electron chi connectivity index (χ2n) is 16.2. The van der Waals surface area contributed by atoms with Crippen LogP contribution >= 0.6 is 0 Å². The summed E-state index contributed by atoms with van der Waals surface area (Å²) in [5.74, 6) is 1.52. The standard InChI is InChI=1S/C54H42N4Si/c1-54(2)47-30-14-12-28-43(47)45-34-46-44-29-13-15-31-49(44)58(50(46)35-48(45)54)39-22-16-20-37(32-39)52-55-51(36-18-6-3-7-19-36)56-53(57-52)38-21-17-27-42(33-38)59(40-23-8-4-9-24-40)41-25-10-5-11-26-41/h3-35,53,59H,1-2H3,(H,55,56,57). The van der Waals surface area contributed by atoms with Gasteiger partial charge in [0.2, 0.25) is 0 Å². The van der Waals surface area contributed by atoms with Crippen LogP contribution in [0.3, 0.4) is 0 Å². The summed E-state index contributed by atoms with van der Waals surface area (Å²) in [7, 11) is -1.76. The van der Waals surface area contributed by atoms with Gasteiger partial charge in [0.05, 0.1) is 11.0 Å². The van der Waals surface area contributed by atoms with Gasteiger partial charge in [0.15, 0.2) is 5.84 Å². The van der Waals surface area contributed by atoms with Gasteiger partial charge in [-0.1, -0.05) is 199 Å². The lowest BCUT2D eigenvalue weighted by Gasteiger charge is -2.25. The summed E-state index contributed by atoms with van der Waals surface area (Å²) in [5, 5.41) is 10.4. The van der Waals surface area contributed by atoms with Gasteiger partial charge in [-0.25, -0.2) is 9.98 Å². The first-order chi connectivity index (χ1) is 29.0. The Kier molecular flexibility index (Phi) is 8.38. The zero-order valence-electron chi connectivity index (χ0n) is 33.0. The van der Waals surface area contributed by atoms with Crippen LogP contribution in [-0.2, 0) is 5.41 Å². The molecule has 5 heteroatoms. The number of nitrogens with zero attached hydrogens (tertiary/aromatic N) is 3. The summed E-state index contributed by atoms with van der Waals surface area (Å²) >= 11 is 0. The van der Waals surface area contributed by atoms with Crippen molar-refractivity contribution in [3.05, 3.63) is 228 Å². The van der Waals surface area contributed by atoms with Crippen LogP contribution in [-0.4, -0.2) is 25.0 Å². The number of aromatic nitrogens is 1. The summed E-state index contributed by atoms with van der Waals surface area (Å²) in [5.41, 5.74) is 11.9. The van der Waals surface area contributed by atoms with Crippen molar-refractivity contribution in [1.29, 1.82) is 0 Å². The van der Waals surface area contributed by atoms with E-state index < -0.39 is 8.80 Å². The van der Waals surface area contributed by atoms with E-state index >= 15 is 0 Å². The molecule has 0 amide bonds. The Morgan fingerprint density at radius 1 is 0.508 bits per heavy atom. The number of benzene rings is 8. The molecular weight excluding hydrogens is 733 g/mol. The number of fused-ring (bicyclic) bond motifs is 6. The predicted octanol–water partition coefficient (Wildman–Crippen LogP) is 9.83. The van der Waals surface area contributed by atoms with Gasteiger partial charge in [-0.15, -0.1) is 0 Å². The highest BCUT2D eigenvalue weighted by Gasteiger charge is 2.36. The van der Waals surface area contributed by atoms with Gasteiger partial charge in [-0.05, 0) is 58.1 Å². The molecule has 59 heavy (non-hydrogen) atoms. The van der Waals surface area contributed by atoms with Crippen molar-refractivity contribution in [2.45, 2.75) is 25.4 Å². The van der Waals surface area contributed by atoms with Gasteiger partial charge in [0, 0.05) is 33.0 Å². The molecule has 0 fully saturated rings. The van der Waals surface area contributed by atoms with Crippen LogP contribution in [0.15, 0.2) is 210 Å². The summed E-state index contributed by atoms with van der Waals surface area (Å²) in [4.78, 5) is 10.5. The Morgan fingerprint density at radius 3 is 1.93 bits per heavy atom. The average molecular weight is 775 g/mol. The Hall–Kier alpha value is -7.08. The van der Waals surface area contributed by atoms with E-state index in [1.54, 1.807) is 0 Å². The van der Waals surface area contributed by atoms with E-state index in [1.807, 2.05) is 6.07 Å². The van der Waals surface area contributed by atoms with Crippen LogP contribution in [0.1, 0.15) is 47.8 Å². The van der Waals surface area contributed by atoms with Crippen molar-refractivity contribution in [3.8, 4) is 16.8 Å². The second kappa shape index (κ2) is 14.1. The Bertz CT molecular complexity index is 3070. The minimum atomic E-state index is -1.76. The fourth-order valence-electron chi connectivity index (χ4n) is 9.49. The van der Waals surface area contributed by atoms with Crippen LogP contribution in [0.2, 0.25) is 0 Å². The number of amidine groups is 2. The molecule has 1 aliphatic carbocycles. The van der Waals surface area contributed by atoms with E-state index in [9.17, 15) is 0 Å². The molecule has 2 aliphatic rings. The van der Waals surface area contributed by atoms with Crippen molar-refractivity contribution < 1.29 is 0 Å². The molecule has 0 radical (unpaired) electrons. The first kappa shape index (κ1) is 35.1. The van der Waals surface area contributed by atoms with Gasteiger partial charge in [-0.2, -0.15) is 0 Å². The van der Waals surface area contributed by atoms with E-state index in [0.29, 0.717) is 5.84 Å². The maximum atomic E-state index is 5.29. The summed E-state index contributed by atoms with van der Waals surface area (Å²) in [6.07, 6.45) is -0.331. The van der Waals surface area contributed by atoms with Crippen LogP contribution < -0.4 is 20.9 Å². The van der Waals surface area contributed by atoms with Crippen molar-refractivity contribution >= 4 is 57.8 Å². The topological polar surface area (TPSA) is 41.7 Å². The van der Waals surface area contributed by atoms with Gasteiger partial charge >= 0.3 is 0 Å². The molecule has 11 rings (SSSR count). The van der Waals surface area contributed by atoms with Crippen LogP contribution in [0.25, 0.3) is 38.6 Å². The highest BCUT2D eigenvalue weighted by molar-refractivity contribution is 6.95. The maximum absolute atomic E-state index is 5.29. The van der Waals surface area contributed by atoms with Crippen LogP contribution in [0, 0.1) is 0 Å². The summed E-state index contributed by atoms with van der Waals surface area (Å²) in [6.45, 7) is 4.71. The molecule has 1 aromatic heterocycles. The quantitative estimate of drug-likeness (QED) is 0.127. The van der Waals surface area contributed by atoms with Gasteiger partial charge in [0.1, 0.15) is 20.8 Å². The van der Waals surface area contributed by atoms with Crippen LogP contribution in [0.5, 0.6) is 0 Å². The Labute approximate surface area is 346 Å². The monoisotopic (exact) mass is 774 g/mol. The number of nitrogens with one attached hydrogen (secondary N) is 1. The number of rotatable bonds is 7. The third kappa shape index (κ3) is 5.97. The highest BCUT2D eigenvalue weighted by Crippen LogP contribution is 2.51. The molecule has 1 atom stereocenters. The first-order valence-electron chi connectivity index (χ1n) is 20.5. The van der Waals surface area contributed by atoms with Gasteiger partial charge in [0.25, 0.3) is 0 Å². The molecule has 4 nitrogen and oxygen atoms in total. The lowest BCUT2D eigenvalue weighted by atomic mass is 9.82. The van der Waals surface area contributed by atoms with Crippen molar-refractivity contribution in [1.82, 2.24) is 9.88 Å². The minimum Gasteiger partial charge on any atom is -0.344 e. The molecular formula is C54H42N4Si. The Morgan fingerprint density at radius 2 is 1.15 bits per heavy atom. The lowest BCUT2D eigenvalue weighted by Crippen LogP contribution is -2.52. The van der Waals surface area contributed by atoms with Crippen LogP contribution in [0.4, 0.5) is 0 Å². The average Bonchev–Trinajstić information content (AvgIpc) is 3.74. The van der Waals surface area contributed by atoms with Gasteiger partial charge in [-0.3, -0.25) is 0 Å². The minimum absolute atomic E-state index is 0.103. The number of para-hydroxylation sites is 1. The molecule has 8 aromatic carbocycles. The molecule has 9 aromatic rings. The predicted molar refractivity (Wildman–Crippen MR) is 249 cm³/mol. The number of hydrogen-bond donors (Lipinski definition) is 1. The maximum Gasteiger partial charge on any atom is 0.159 e. The zero-order chi connectivity index (χ0) is 39.5. The molecule has 0 saturated heterocycles. The highest BCUT2D eigenvalue weighted by atomic mass is 28.3. The second-order valence-corrected chi connectivity index (χ2v) is 19.1. The molecule has 1 N–H and O–H groups in total. The van der Waals surface area contributed by atoms with E-state index in [4.69, 9.17) is 9.98 Å². The molecule has 282 valence electrons. The smallest absolute Gasteiger partial charge is 0.159 e. The third-order valence-corrected chi connectivity index (χ3v) is 15.5. The molecule has 0 bridgehead atoms. The van der Waals surface area contributed by atoms with Crippen molar-refractivity contribution in [2.24, 2.45) is 9.98 Å². The third-order valence-electron chi connectivity index (χ3n) is 12.4. The first-order valence-corrected chi connectivity index (χ1v) is 22.2. The normalized spacial score (nSPS) is 15.4. The van der Waals surface area contributed by atoms with E-state index in [1.165, 1.54) is 59.6 Å². The van der Waals surface area contributed by atoms with Crippen molar-refractivity contribution in [2.75, 3.05) is 0 Å². The fourth-order valence-corrected chi connectivity index (χ4v) is 12.5. The molecule has 2 heterocycles. The largest absolute Gasteiger partial charge is 0.344 e. The van der Waals surface area contributed by atoms with E-state index in [2.05, 4.69) is 218 Å². The molecule has 0 spiro atoms. The Balaban J connectivity index is 1.03. The summed E-state index contributed by atoms with van der Waals surface area (Å²) in [6, 6.07) is 72.7. The molecule has 0 saturated carbocycles. The number of hydrogen-bond acceptors (Lipinski definition) is 3. The van der Waals surface area contributed by atoms with Gasteiger partial charge < -0.3 is 9.88 Å². The van der Waals surface area contributed by atoms with E-state index in [0.717, 1.165) is 28.2 Å². The SMILES string of the molecule is CC1(C)c2ccccc2-c2cc3c4ccccc4n(-c4cccc(C5=NC(c6ccccc6)=NC(c6cccc([SiH](c7ccccc7)c7ccccc7)c6)N5)c4)c3cc21. The summed E-state index contributed by atoms with van der Waals surface area (Å²) < 4.78 is 2.43. The number of aliphatic imine (C=N–C) groups is 2. The zero-order valence-corrected chi connectivity index (χ0v) is 34.2. The van der Waals surface area contributed by atoms with E-state index in [-0.39, 0.29) is 11.6 Å². The van der Waals surface area contributed by atoms with Crippen molar-refractivity contribution in [3.63, 3.8) is 0 Å². The fraction of sp³-hybridized carbons (Fsp3) is 0.0741. The molecule has 1 aliphatic heterocycles. The lowest BCUT2D eigenvalue weighted by molar-refractivity contribution is 0.661.